The first-order chi connectivity index (χ1) is 15.2. The molecule has 3 aromatic carbocycles. The molecule has 0 fully saturated rings. The summed E-state index contributed by atoms with van der Waals surface area (Å²) in [6.45, 7) is 2.07. The summed E-state index contributed by atoms with van der Waals surface area (Å²) in [5, 5.41) is 0. The molecular formula is C28H26O3. The first kappa shape index (κ1) is 22.2. The normalized spacial score (nSPS) is 12.3. The van der Waals surface area contributed by atoms with Crippen molar-refractivity contribution >= 4 is 11.7 Å². The Morgan fingerprint density at radius 3 is 1.71 bits per heavy atom. The van der Waals surface area contributed by atoms with Crippen LogP contribution in [0.25, 0.3) is 0 Å². The molecule has 0 aliphatic rings. The van der Waals surface area contributed by atoms with Crippen LogP contribution < -0.4 is 0 Å². The van der Waals surface area contributed by atoms with E-state index in [-0.39, 0.29) is 0 Å². The molecule has 3 aromatic rings. The van der Waals surface area contributed by atoms with Crippen molar-refractivity contribution in [3.8, 4) is 0 Å². The summed E-state index contributed by atoms with van der Waals surface area (Å²) >= 11 is 0. The van der Waals surface area contributed by atoms with Crippen LogP contribution in [0.5, 0.6) is 0 Å². The SMILES string of the molecule is CCCC=CC(OC(c1ccccc1)(c1ccccc1)c1ccccc1)C(=O)C=C=O. The third kappa shape index (κ3) is 5.16. The minimum atomic E-state index is -1.04. The van der Waals surface area contributed by atoms with E-state index in [1.54, 1.807) is 12.0 Å². The molecule has 31 heavy (non-hydrogen) atoms. The molecule has 0 aliphatic carbocycles. The smallest absolute Gasteiger partial charge is 0.199 e. The van der Waals surface area contributed by atoms with Gasteiger partial charge in [0, 0.05) is 0 Å². The summed E-state index contributed by atoms with van der Waals surface area (Å²) in [7, 11) is 0. The summed E-state index contributed by atoms with van der Waals surface area (Å²) in [5.74, 6) is 1.17. The van der Waals surface area contributed by atoms with Crippen LogP contribution >= 0.6 is 0 Å². The summed E-state index contributed by atoms with van der Waals surface area (Å²) in [6, 6.07) is 29.5. The van der Waals surface area contributed by atoms with Gasteiger partial charge in [-0.2, -0.15) is 0 Å². The highest BCUT2D eigenvalue weighted by Crippen LogP contribution is 2.41. The van der Waals surface area contributed by atoms with Gasteiger partial charge in [-0.05, 0) is 23.1 Å². The predicted molar refractivity (Wildman–Crippen MR) is 123 cm³/mol. The topological polar surface area (TPSA) is 43.4 Å². The Hall–Kier alpha value is -3.52. The summed E-state index contributed by atoms with van der Waals surface area (Å²) in [6.07, 6.45) is 5.39. The highest BCUT2D eigenvalue weighted by molar-refractivity contribution is 6.00. The van der Waals surface area contributed by atoms with E-state index in [2.05, 4.69) is 6.92 Å². The highest BCUT2D eigenvalue weighted by Gasteiger charge is 2.40. The Kier molecular flexibility index (Phi) is 7.89. The van der Waals surface area contributed by atoms with E-state index in [4.69, 9.17) is 4.74 Å². The first-order valence-electron chi connectivity index (χ1n) is 10.5. The molecule has 0 saturated heterocycles. The Balaban J connectivity index is 2.25. The number of rotatable bonds is 10. The van der Waals surface area contributed by atoms with Gasteiger partial charge in [0.15, 0.2) is 5.78 Å². The van der Waals surface area contributed by atoms with E-state index >= 15 is 0 Å². The second-order valence-corrected chi connectivity index (χ2v) is 7.20. The maximum atomic E-state index is 12.8. The average molecular weight is 411 g/mol. The molecule has 0 aliphatic heterocycles. The number of hydrogen-bond acceptors (Lipinski definition) is 3. The van der Waals surface area contributed by atoms with Gasteiger partial charge in [-0.25, -0.2) is 4.79 Å². The third-order valence-electron chi connectivity index (χ3n) is 5.09. The maximum Gasteiger partial charge on any atom is 0.199 e. The van der Waals surface area contributed by atoms with Crippen molar-refractivity contribution in [1.82, 2.24) is 0 Å². The fourth-order valence-electron chi connectivity index (χ4n) is 3.63. The van der Waals surface area contributed by atoms with Crippen molar-refractivity contribution in [3.63, 3.8) is 0 Å². The lowest BCUT2D eigenvalue weighted by Crippen LogP contribution is -2.39. The molecule has 0 heterocycles. The van der Waals surface area contributed by atoms with Crippen LogP contribution in [0.15, 0.2) is 109 Å². The number of benzene rings is 3. The van der Waals surface area contributed by atoms with Crippen molar-refractivity contribution in [3.05, 3.63) is 126 Å². The zero-order valence-electron chi connectivity index (χ0n) is 17.6. The van der Waals surface area contributed by atoms with Crippen LogP contribution in [-0.2, 0) is 19.9 Å². The largest absolute Gasteiger partial charge is 0.345 e. The Labute approximate surface area is 183 Å². The van der Waals surface area contributed by atoms with Gasteiger partial charge in [0.05, 0.1) is 6.08 Å². The van der Waals surface area contributed by atoms with Crippen LogP contribution in [0.3, 0.4) is 0 Å². The molecule has 3 nitrogen and oxygen atoms in total. The van der Waals surface area contributed by atoms with Crippen molar-refractivity contribution in [2.75, 3.05) is 0 Å². The Morgan fingerprint density at radius 2 is 1.32 bits per heavy atom. The molecule has 0 radical (unpaired) electrons. The minimum absolute atomic E-state index is 0.436. The number of unbranched alkanes of at least 4 members (excludes halogenated alkanes) is 1. The van der Waals surface area contributed by atoms with Gasteiger partial charge in [0.1, 0.15) is 17.6 Å². The van der Waals surface area contributed by atoms with Gasteiger partial charge in [0.25, 0.3) is 0 Å². The van der Waals surface area contributed by atoms with Crippen LogP contribution in [0, 0.1) is 0 Å². The number of ketones is 1. The van der Waals surface area contributed by atoms with Crippen molar-refractivity contribution < 1.29 is 14.3 Å². The predicted octanol–water partition coefficient (Wildman–Crippen LogP) is 5.68. The van der Waals surface area contributed by atoms with Gasteiger partial charge in [-0.3, -0.25) is 4.79 Å². The zero-order chi connectivity index (χ0) is 21.9. The number of carbonyl (C=O) groups excluding carboxylic acids is 2. The molecule has 0 aromatic heterocycles. The van der Waals surface area contributed by atoms with E-state index in [1.807, 2.05) is 97.1 Å². The Bertz CT molecular complexity index is 937. The van der Waals surface area contributed by atoms with Gasteiger partial charge < -0.3 is 4.74 Å². The minimum Gasteiger partial charge on any atom is -0.345 e. The van der Waals surface area contributed by atoms with Crippen molar-refractivity contribution in [2.45, 2.75) is 31.5 Å². The zero-order valence-corrected chi connectivity index (χ0v) is 17.6. The van der Waals surface area contributed by atoms with Gasteiger partial charge >= 0.3 is 0 Å². The van der Waals surface area contributed by atoms with Crippen molar-refractivity contribution in [1.29, 1.82) is 0 Å². The van der Waals surface area contributed by atoms with E-state index in [0.717, 1.165) is 35.6 Å². The molecule has 0 bridgehead atoms. The lowest BCUT2D eigenvalue weighted by Gasteiger charge is -2.37. The summed E-state index contributed by atoms with van der Waals surface area (Å²) in [5.41, 5.74) is 1.63. The van der Waals surface area contributed by atoms with Crippen LogP contribution in [0.1, 0.15) is 36.5 Å². The van der Waals surface area contributed by atoms with Crippen molar-refractivity contribution in [2.24, 2.45) is 0 Å². The summed E-state index contributed by atoms with van der Waals surface area (Å²) < 4.78 is 6.71. The van der Waals surface area contributed by atoms with Crippen LogP contribution in [0.2, 0.25) is 0 Å². The second-order valence-electron chi connectivity index (χ2n) is 7.20. The lowest BCUT2D eigenvalue weighted by molar-refractivity contribution is -0.129. The third-order valence-corrected chi connectivity index (χ3v) is 5.09. The second kappa shape index (κ2) is 11.0. The van der Waals surface area contributed by atoms with Crippen LogP contribution in [-0.4, -0.2) is 17.8 Å². The van der Waals surface area contributed by atoms with Gasteiger partial charge in [-0.15, -0.1) is 0 Å². The van der Waals surface area contributed by atoms with E-state index < -0.39 is 17.5 Å². The number of carbonyl (C=O) groups is 1. The highest BCUT2D eigenvalue weighted by atomic mass is 16.5. The van der Waals surface area contributed by atoms with E-state index in [9.17, 15) is 9.59 Å². The molecule has 3 heteroatoms. The molecule has 156 valence electrons. The van der Waals surface area contributed by atoms with Gasteiger partial charge in [0.2, 0.25) is 0 Å². The van der Waals surface area contributed by atoms with E-state index in [0.29, 0.717) is 0 Å². The summed E-state index contributed by atoms with van der Waals surface area (Å²) in [4.78, 5) is 23.8. The maximum absolute atomic E-state index is 12.8. The number of allylic oxidation sites excluding steroid dienone is 1. The van der Waals surface area contributed by atoms with Gasteiger partial charge in [-0.1, -0.05) is 116 Å². The molecule has 0 spiro atoms. The molecule has 0 amide bonds. The average Bonchev–Trinajstić information content (AvgIpc) is 2.83. The molecule has 0 saturated carbocycles. The van der Waals surface area contributed by atoms with Crippen LogP contribution in [0.4, 0.5) is 0 Å². The molecule has 1 atom stereocenters. The lowest BCUT2D eigenvalue weighted by atomic mass is 9.79. The van der Waals surface area contributed by atoms with E-state index in [1.165, 1.54) is 0 Å². The quantitative estimate of drug-likeness (QED) is 0.187. The molecule has 1 unspecified atom stereocenters. The molecular weight excluding hydrogens is 384 g/mol. The fraction of sp³-hybridized carbons (Fsp3) is 0.179. The fourth-order valence-corrected chi connectivity index (χ4v) is 3.63. The molecule has 0 N–H and O–H groups in total. The standard InChI is InChI=1S/C28H26O3/c1-2-3-7-20-27(26(30)21-22-29)31-28(23-14-8-4-9-15-23,24-16-10-5-11-17-24)25-18-12-6-13-19-25/h4-21,27H,2-3H2,1H3. The number of ether oxygens (including phenoxy) is 1. The monoisotopic (exact) mass is 410 g/mol. The number of hydrogen-bond donors (Lipinski definition) is 0. The first-order valence-corrected chi connectivity index (χ1v) is 10.5. The Morgan fingerprint density at radius 1 is 0.871 bits per heavy atom. The molecule has 3 rings (SSSR count).